The van der Waals surface area contributed by atoms with Crippen LogP contribution >= 0.6 is 0 Å². The van der Waals surface area contributed by atoms with Crippen molar-refractivity contribution in [3.05, 3.63) is 24.3 Å². The summed E-state index contributed by atoms with van der Waals surface area (Å²) in [5, 5.41) is 2.88. The Labute approximate surface area is 149 Å². The summed E-state index contributed by atoms with van der Waals surface area (Å²) in [5.74, 6) is 0.607. The first kappa shape index (κ1) is 19.2. The van der Waals surface area contributed by atoms with Gasteiger partial charge in [0.1, 0.15) is 5.75 Å². The number of rotatable bonds is 10. The van der Waals surface area contributed by atoms with Crippen LogP contribution in [0.25, 0.3) is 0 Å². The molecular formula is C19H29N3O3. The van der Waals surface area contributed by atoms with Crippen molar-refractivity contribution in [1.82, 2.24) is 4.90 Å². The molecule has 1 aromatic carbocycles. The summed E-state index contributed by atoms with van der Waals surface area (Å²) in [5.41, 5.74) is 6.14. The van der Waals surface area contributed by atoms with E-state index in [0.717, 1.165) is 51.6 Å². The maximum atomic E-state index is 12.0. The number of amides is 2. The van der Waals surface area contributed by atoms with E-state index in [1.165, 1.54) is 0 Å². The third kappa shape index (κ3) is 7.13. The molecule has 0 atom stereocenters. The smallest absolute Gasteiger partial charge is 0.260 e. The Morgan fingerprint density at radius 2 is 1.88 bits per heavy atom. The van der Waals surface area contributed by atoms with Crippen LogP contribution in [-0.2, 0) is 9.59 Å². The fourth-order valence-corrected chi connectivity index (χ4v) is 2.87. The minimum Gasteiger partial charge on any atom is -0.484 e. The first-order valence-corrected chi connectivity index (χ1v) is 9.19. The number of nitrogens with two attached hydrogens (primary N) is 1. The molecule has 0 spiro atoms. The van der Waals surface area contributed by atoms with Gasteiger partial charge >= 0.3 is 0 Å². The predicted octanol–water partition coefficient (Wildman–Crippen LogP) is 2.54. The summed E-state index contributed by atoms with van der Waals surface area (Å²) in [6.07, 6.45) is 6.61. The van der Waals surface area contributed by atoms with Gasteiger partial charge in [0.05, 0.1) is 0 Å². The van der Waals surface area contributed by atoms with Gasteiger partial charge in [-0.2, -0.15) is 0 Å². The van der Waals surface area contributed by atoms with E-state index in [-0.39, 0.29) is 18.4 Å². The number of hydrogen-bond donors (Lipinski definition) is 2. The van der Waals surface area contributed by atoms with E-state index in [9.17, 15) is 9.59 Å². The molecular weight excluding hydrogens is 318 g/mol. The number of carbonyl (C=O) groups is 2. The summed E-state index contributed by atoms with van der Waals surface area (Å²) in [4.78, 5) is 25.8. The summed E-state index contributed by atoms with van der Waals surface area (Å²) in [7, 11) is 0. The fraction of sp³-hybridized carbons (Fsp3) is 0.579. The van der Waals surface area contributed by atoms with Gasteiger partial charge in [0.15, 0.2) is 6.61 Å². The molecule has 1 saturated heterocycles. The SMILES string of the molecule is NCCCCCCC(=O)Nc1cccc(OCC(=O)N2CCCC2)c1. The number of anilines is 1. The maximum absolute atomic E-state index is 12.0. The summed E-state index contributed by atoms with van der Waals surface area (Å²) in [6, 6.07) is 7.18. The molecule has 0 aromatic heterocycles. The molecule has 1 heterocycles. The van der Waals surface area contributed by atoms with E-state index < -0.39 is 0 Å². The second kappa shape index (κ2) is 10.7. The number of ether oxygens (including phenoxy) is 1. The van der Waals surface area contributed by atoms with Crippen molar-refractivity contribution in [2.75, 3.05) is 31.6 Å². The van der Waals surface area contributed by atoms with Gasteiger partial charge in [-0.15, -0.1) is 0 Å². The molecule has 3 N–H and O–H groups in total. The molecule has 2 amide bonds. The van der Waals surface area contributed by atoms with E-state index >= 15 is 0 Å². The Balaban J connectivity index is 1.72. The van der Waals surface area contributed by atoms with Crippen LogP contribution < -0.4 is 15.8 Å². The van der Waals surface area contributed by atoms with Crippen LogP contribution in [0.1, 0.15) is 44.9 Å². The van der Waals surface area contributed by atoms with Gasteiger partial charge in [-0.05, 0) is 44.4 Å². The molecule has 1 fully saturated rings. The van der Waals surface area contributed by atoms with Crippen molar-refractivity contribution in [3.8, 4) is 5.75 Å². The number of likely N-dealkylation sites (tertiary alicyclic amines) is 1. The van der Waals surface area contributed by atoms with Crippen molar-refractivity contribution in [3.63, 3.8) is 0 Å². The number of hydrogen-bond acceptors (Lipinski definition) is 4. The summed E-state index contributed by atoms with van der Waals surface area (Å²) in [6.45, 7) is 2.39. The van der Waals surface area contributed by atoms with Crippen molar-refractivity contribution < 1.29 is 14.3 Å². The minimum atomic E-state index is -0.00181. The van der Waals surface area contributed by atoms with E-state index in [1.807, 2.05) is 17.0 Å². The molecule has 0 radical (unpaired) electrons. The molecule has 0 aliphatic carbocycles. The van der Waals surface area contributed by atoms with Crippen LogP contribution in [0.5, 0.6) is 5.75 Å². The van der Waals surface area contributed by atoms with Crippen molar-refractivity contribution >= 4 is 17.5 Å². The lowest BCUT2D eigenvalue weighted by molar-refractivity contribution is -0.132. The number of benzene rings is 1. The molecule has 138 valence electrons. The predicted molar refractivity (Wildman–Crippen MR) is 98.5 cm³/mol. The first-order chi connectivity index (χ1) is 12.2. The topological polar surface area (TPSA) is 84.7 Å². The Morgan fingerprint density at radius 1 is 1.12 bits per heavy atom. The monoisotopic (exact) mass is 347 g/mol. The highest BCUT2D eigenvalue weighted by molar-refractivity contribution is 5.90. The molecule has 0 bridgehead atoms. The number of carbonyl (C=O) groups excluding carboxylic acids is 2. The first-order valence-electron chi connectivity index (χ1n) is 9.19. The second-order valence-electron chi connectivity index (χ2n) is 6.41. The van der Waals surface area contributed by atoms with Gasteiger partial charge in [0.2, 0.25) is 5.91 Å². The van der Waals surface area contributed by atoms with Crippen LogP contribution in [0.4, 0.5) is 5.69 Å². The zero-order chi connectivity index (χ0) is 17.9. The third-order valence-electron chi connectivity index (χ3n) is 4.30. The number of nitrogens with one attached hydrogen (secondary N) is 1. The van der Waals surface area contributed by atoms with E-state index in [0.29, 0.717) is 24.4 Å². The number of nitrogens with zero attached hydrogens (tertiary/aromatic N) is 1. The van der Waals surface area contributed by atoms with Crippen LogP contribution in [0, 0.1) is 0 Å². The minimum absolute atomic E-state index is 0.00181. The quantitative estimate of drug-likeness (QED) is 0.637. The molecule has 6 nitrogen and oxygen atoms in total. The fourth-order valence-electron chi connectivity index (χ4n) is 2.87. The molecule has 6 heteroatoms. The van der Waals surface area contributed by atoms with Gasteiger partial charge in [-0.1, -0.05) is 18.9 Å². The zero-order valence-electron chi connectivity index (χ0n) is 14.8. The summed E-state index contributed by atoms with van der Waals surface area (Å²) >= 11 is 0. The van der Waals surface area contributed by atoms with E-state index in [4.69, 9.17) is 10.5 Å². The highest BCUT2D eigenvalue weighted by Crippen LogP contribution is 2.18. The lowest BCUT2D eigenvalue weighted by Crippen LogP contribution is -2.32. The molecule has 25 heavy (non-hydrogen) atoms. The average Bonchev–Trinajstić information content (AvgIpc) is 3.14. The summed E-state index contributed by atoms with van der Waals surface area (Å²) < 4.78 is 5.57. The normalized spacial score (nSPS) is 13.7. The Hall–Kier alpha value is -2.08. The maximum Gasteiger partial charge on any atom is 0.260 e. The van der Waals surface area contributed by atoms with Gasteiger partial charge in [0.25, 0.3) is 5.91 Å². The molecule has 0 unspecified atom stereocenters. The van der Waals surface area contributed by atoms with Crippen LogP contribution in [0.3, 0.4) is 0 Å². The lowest BCUT2D eigenvalue weighted by Gasteiger charge is -2.15. The standard InChI is InChI=1S/C19H29N3O3/c20-11-4-2-1-3-10-18(23)21-16-8-7-9-17(14-16)25-15-19(24)22-12-5-6-13-22/h7-9,14H,1-6,10-13,15,20H2,(H,21,23). The molecule has 2 rings (SSSR count). The molecule has 1 aromatic rings. The van der Waals surface area contributed by atoms with Crippen LogP contribution in [0.2, 0.25) is 0 Å². The number of unbranched alkanes of at least 4 members (excludes halogenated alkanes) is 3. The lowest BCUT2D eigenvalue weighted by atomic mass is 10.1. The second-order valence-corrected chi connectivity index (χ2v) is 6.41. The molecule has 1 aliphatic rings. The third-order valence-corrected chi connectivity index (χ3v) is 4.30. The highest BCUT2D eigenvalue weighted by Gasteiger charge is 2.18. The van der Waals surface area contributed by atoms with Gasteiger partial charge in [0, 0.05) is 31.3 Å². The van der Waals surface area contributed by atoms with E-state index in [1.54, 1.807) is 12.1 Å². The van der Waals surface area contributed by atoms with Gasteiger partial charge in [-0.3, -0.25) is 9.59 Å². The molecule has 0 saturated carbocycles. The largest absolute Gasteiger partial charge is 0.484 e. The van der Waals surface area contributed by atoms with E-state index in [2.05, 4.69) is 5.32 Å². The van der Waals surface area contributed by atoms with Gasteiger partial charge in [-0.25, -0.2) is 0 Å². The molecule has 1 aliphatic heterocycles. The van der Waals surface area contributed by atoms with Crippen LogP contribution in [0.15, 0.2) is 24.3 Å². The Morgan fingerprint density at radius 3 is 2.64 bits per heavy atom. The van der Waals surface area contributed by atoms with Crippen molar-refractivity contribution in [1.29, 1.82) is 0 Å². The zero-order valence-corrected chi connectivity index (χ0v) is 14.8. The Kier molecular flexibility index (Phi) is 8.25. The van der Waals surface area contributed by atoms with Crippen molar-refractivity contribution in [2.45, 2.75) is 44.9 Å². The van der Waals surface area contributed by atoms with Crippen molar-refractivity contribution in [2.24, 2.45) is 5.73 Å². The Bertz CT molecular complexity index is 557. The average molecular weight is 347 g/mol. The highest BCUT2D eigenvalue weighted by atomic mass is 16.5. The van der Waals surface area contributed by atoms with Crippen LogP contribution in [-0.4, -0.2) is 43.0 Å². The van der Waals surface area contributed by atoms with Gasteiger partial charge < -0.3 is 20.7 Å².